The van der Waals surface area contributed by atoms with Crippen molar-refractivity contribution in [1.29, 1.82) is 0 Å². The maximum Gasteiger partial charge on any atom is 0.244 e. The maximum atomic E-state index is 11.8. The Morgan fingerprint density at radius 2 is 1.72 bits per heavy atom. The number of nitrogens with zero attached hydrogens (tertiary/aromatic N) is 1. The molecule has 0 unspecified atom stereocenters. The van der Waals surface area contributed by atoms with Gasteiger partial charge in [0.15, 0.2) is 0 Å². The third-order valence-corrected chi connectivity index (χ3v) is 3.51. The zero-order valence-corrected chi connectivity index (χ0v) is 10.4. The summed E-state index contributed by atoms with van der Waals surface area (Å²) >= 11 is 0. The van der Waals surface area contributed by atoms with Crippen LogP contribution in [-0.2, 0) is 11.2 Å². The minimum Gasteiger partial charge on any atom is -0.273 e. The van der Waals surface area contributed by atoms with Crippen LogP contribution in [-0.4, -0.2) is 11.6 Å². The molecule has 0 radical (unpaired) electrons. The summed E-state index contributed by atoms with van der Waals surface area (Å²) < 4.78 is 0. The van der Waals surface area contributed by atoms with Crippen LogP contribution in [0.1, 0.15) is 31.2 Å². The van der Waals surface area contributed by atoms with Gasteiger partial charge in [-0.25, -0.2) is 5.43 Å². The molecule has 1 amide bonds. The molecule has 2 saturated carbocycles. The predicted octanol–water partition coefficient (Wildman–Crippen LogP) is 2.52. The van der Waals surface area contributed by atoms with Crippen molar-refractivity contribution in [2.75, 3.05) is 0 Å². The zero-order chi connectivity index (χ0) is 12.4. The minimum absolute atomic E-state index is 0.0139. The number of hydrogen-bond donors (Lipinski definition) is 1. The molecule has 1 aromatic carbocycles. The Morgan fingerprint density at radius 3 is 2.28 bits per heavy atom. The van der Waals surface area contributed by atoms with Crippen LogP contribution in [0.5, 0.6) is 0 Å². The Balaban J connectivity index is 1.55. The van der Waals surface area contributed by atoms with Gasteiger partial charge in [0.2, 0.25) is 5.91 Å². The average Bonchev–Trinajstić information content (AvgIpc) is 3.25. The van der Waals surface area contributed by atoms with Gasteiger partial charge in [0.05, 0.1) is 6.42 Å². The van der Waals surface area contributed by atoms with Crippen molar-refractivity contribution < 1.29 is 4.79 Å². The summed E-state index contributed by atoms with van der Waals surface area (Å²) in [4.78, 5) is 11.8. The smallest absolute Gasteiger partial charge is 0.244 e. The van der Waals surface area contributed by atoms with Crippen LogP contribution in [0.25, 0.3) is 0 Å². The summed E-state index contributed by atoms with van der Waals surface area (Å²) in [6.07, 6.45) is 5.43. The molecule has 0 heterocycles. The molecule has 0 aliphatic heterocycles. The Bertz CT molecular complexity index is 445. The van der Waals surface area contributed by atoms with E-state index in [1.165, 1.54) is 31.4 Å². The van der Waals surface area contributed by atoms with Crippen LogP contribution in [0, 0.1) is 11.8 Å². The van der Waals surface area contributed by atoms with Crippen molar-refractivity contribution in [3.05, 3.63) is 35.9 Å². The predicted molar refractivity (Wildman–Crippen MR) is 71.2 cm³/mol. The molecule has 3 rings (SSSR count). The van der Waals surface area contributed by atoms with E-state index in [0.717, 1.165) is 5.56 Å². The molecule has 0 spiro atoms. The fourth-order valence-corrected chi connectivity index (χ4v) is 2.22. The van der Waals surface area contributed by atoms with Gasteiger partial charge in [0.25, 0.3) is 0 Å². The average molecular weight is 242 g/mol. The highest BCUT2D eigenvalue weighted by atomic mass is 16.2. The molecule has 0 aromatic heterocycles. The summed E-state index contributed by atoms with van der Waals surface area (Å²) in [5.41, 5.74) is 5.00. The van der Waals surface area contributed by atoms with Gasteiger partial charge in [-0.3, -0.25) is 4.79 Å². The molecule has 3 nitrogen and oxygen atoms in total. The molecule has 1 N–H and O–H groups in total. The second-order valence-electron chi connectivity index (χ2n) is 5.28. The van der Waals surface area contributed by atoms with Crippen LogP contribution >= 0.6 is 0 Å². The first kappa shape index (κ1) is 11.5. The number of amides is 1. The lowest BCUT2D eigenvalue weighted by Crippen LogP contribution is -2.22. The number of carbonyl (C=O) groups is 1. The first-order valence-electron chi connectivity index (χ1n) is 6.73. The number of benzene rings is 1. The van der Waals surface area contributed by atoms with E-state index >= 15 is 0 Å². The van der Waals surface area contributed by atoms with Gasteiger partial charge in [-0.15, -0.1) is 0 Å². The second-order valence-corrected chi connectivity index (χ2v) is 5.28. The van der Waals surface area contributed by atoms with E-state index in [9.17, 15) is 4.79 Å². The molecule has 2 aliphatic carbocycles. The van der Waals surface area contributed by atoms with E-state index in [1.54, 1.807) is 0 Å². The van der Waals surface area contributed by atoms with E-state index in [2.05, 4.69) is 10.5 Å². The molecular formula is C15H18N2O. The molecule has 0 bridgehead atoms. The second kappa shape index (κ2) is 4.92. The SMILES string of the molecule is O=C(Cc1ccccc1)NN=C(C1CC1)C1CC1. The fourth-order valence-electron chi connectivity index (χ4n) is 2.22. The van der Waals surface area contributed by atoms with Gasteiger partial charge >= 0.3 is 0 Å². The maximum absolute atomic E-state index is 11.8. The number of rotatable bonds is 5. The summed E-state index contributed by atoms with van der Waals surface area (Å²) in [5.74, 6) is 1.31. The van der Waals surface area contributed by atoms with Crippen molar-refractivity contribution >= 4 is 11.6 Å². The quantitative estimate of drug-likeness (QED) is 0.625. The summed E-state index contributed by atoms with van der Waals surface area (Å²) in [6, 6.07) is 9.78. The fraction of sp³-hybridized carbons (Fsp3) is 0.467. The lowest BCUT2D eigenvalue weighted by atomic mass is 10.1. The number of hydrogen-bond acceptors (Lipinski definition) is 2. The monoisotopic (exact) mass is 242 g/mol. The van der Waals surface area contributed by atoms with Crippen LogP contribution in [0.15, 0.2) is 35.4 Å². The van der Waals surface area contributed by atoms with Gasteiger partial charge in [0, 0.05) is 5.71 Å². The lowest BCUT2D eigenvalue weighted by molar-refractivity contribution is -0.120. The van der Waals surface area contributed by atoms with Crippen LogP contribution in [0.2, 0.25) is 0 Å². The first-order valence-corrected chi connectivity index (χ1v) is 6.73. The topological polar surface area (TPSA) is 41.5 Å². The van der Waals surface area contributed by atoms with Gasteiger partial charge < -0.3 is 0 Å². The summed E-state index contributed by atoms with van der Waals surface area (Å²) in [6.45, 7) is 0. The van der Waals surface area contributed by atoms with Gasteiger partial charge in [0.1, 0.15) is 0 Å². The van der Waals surface area contributed by atoms with Crippen molar-refractivity contribution in [3.63, 3.8) is 0 Å². The van der Waals surface area contributed by atoms with Crippen molar-refractivity contribution in [1.82, 2.24) is 5.43 Å². The first-order chi connectivity index (χ1) is 8.83. The molecule has 0 saturated heterocycles. The zero-order valence-electron chi connectivity index (χ0n) is 10.4. The molecule has 2 aliphatic rings. The number of hydrazone groups is 1. The highest BCUT2D eigenvalue weighted by Gasteiger charge is 2.38. The van der Waals surface area contributed by atoms with E-state index in [1.807, 2.05) is 30.3 Å². The highest BCUT2D eigenvalue weighted by Crippen LogP contribution is 2.41. The molecule has 94 valence electrons. The number of carbonyl (C=O) groups excluding carboxylic acids is 1. The van der Waals surface area contributed by atoms with Gasteiger partial charge in [-0.1, -0.05) is 30.3 Å². The normalized spacial score (nSPS) is 18.2. The molecular weight excluding hydrogens is 224 g/mol. The largest absolute Gasteiger partial charge is 0.273 e. The van der Waals surface area contributed by atoms with E-state index in [4.69, 9.17) is 0 Å². The summed E-state index contributed by atoms with van der Waals surface area (Å²) in [7, 11) is 0. The Hall–Kier alpha value is -1.64. The highest BCUT2D eigenvalue weighted by molar-refractivity contribution is 5.93. The van der Waals surface area contributed by atoms with Crippen LogP contribution < -0.4 is 5.43 Å². The standard InChI is InChI=1S/C15H18N2O/c18-14(10-11-4-2-1-3-5-11)16-17-15(12-6-7-12)13-8-9-13/h1-5,12-13H,6-10H2,(H,16,18). The van der Waals surface area contributed by atoms with E-state index in [-0.39, 0.29) is 5.91 Å². The van der Waals surface area contributed by atoms with Crippen molar-refractivity contribution in [2.24, 2.45) is 16.9 Å². The van der Waals surface area contributed by atoms with Gasteiger partial charge in [-0.2, -0.15) is 5.10 Å². The van der Waals surface area contributed by atoms with Crippen molar-refractivity contribution in [3.8, 4) is 0 Å². The minimum atomic E-state index is -0.0139. The molecule has 2 fully saturated rings. The van der Waals surface area contributed by atoms with E-state index < -0.39 is 0 Å². The Labute approximate surface area is 107 Å². The molecule has 3 heteroatoms. The third kappa shape index (κ3) is 2.97. The molecule has 0 atom stereocenters. The number of nitrogens with one attached hydrogen (secondary N) is 1. The van der Waals surface area contributed by atoms with Gasteiger partial charge in [-0.05, 0) is 43.1 Å². The molecule has 18 heavy (non-hydrogen) atoms. The lowest BCUT2D eigenvalue weighted by Gasteiger charge is -2.04. The van der Waals surface area contributed by atoms with Crippen molar-refractivity contribution in [2.45, 2.75) is 32.1 Å². The van der Waals surface area contributed by atoms with E-state index in [0.29, 0.717) is 18.3 Å². The van der Waals surface area contributed by atoms with Crippen LogP contribution in [0.4, 0.5) is 0 Å². The third-order valence-electron chi connectivity index (χ3n) is 3.51. The summed E-state index contributed by atoms with van der Waals surface area (Å²) in [5, 5.41) is 4.36. The molecule has 1 aromatic rings. The Morgan fingerprint density at radius 1 is 1.11 bits per heavy atom. The Kier molecular flexibility index (Phi) is 3.13. The van der Waals surface area contributed by atoms with Crippen LogP contribution in [0.3, 0.4) is 0 Å².